The van der Waals surface area contributed by atoms with Crippen LogP contribution in [0.1, 0.15) is 5.56 Å². The predicted octanol–water partition coefficient (Wildman–Crippen LogP) is 2.14. The summed E-state index contributed by atoms with van der Waals surface area (Å²) >= 11 is 0. The summed E-state index contributed by atoms with van der Waals surface area (Å²) in [4.78, 5) is 0. The van der Waals surface area contributed by atoms with Crippen LogP contribution in [0.5, 0.6) is 0 Å². The lowest BCUT2D eigenvalue weighted by atomic mass is 10.2. The molecule has 0 aliphatic carbocycles. The first-order valence-electron chi connectivity index (χ1n) is 4.20. The molecule has 0 N–H and O–H groups in total. The summed E-state index contributed by atoms with van der Waals surface area (Å²) < 4.78 is 2.24. The van der Waals surface area contributed by atoms with E-state index in [9.17, 15) is 0 Å². The first kappa shape index (κ1) is 7.29. The van der Waals surface area contributed by atoms with Gasteiger partial charge in [-0.15, -0.1) is 0 Å². The van der Waals surface area contributed by atoms with Crippen molar-refractivity contribution in [2.24, 2.45) is 0 Å². The van der Waals surface area contributed by atoms with E-state index in [4.69, 9.17) is 0 Å². The van der Waals surface area contributed by atoms with E-state index >= 15 is 0 Å². The average Bonchev–Trinajstić information content (AvgIpc) is 2.50. The molecule has 0 saturated heterocycles. The van der Waals surface area contributed by atoms with Crippen molar-refractivity contribution in [2.75, 3.05) is 6.54 Å². The minimum atomic E-state index is 0.914. The zero-order valence-electron chi connectivity index (χ0n) is 7.03. The summed E-state index contributed by atoms with van der Waals surface area (Å²) in [7, 11) is 0. The van der Waals surface area contributed by atoms with Crippen molar-refractivity contribution in [3.05, 3.63) is 42.5 Å². The quantitative estimate of drug-likeness (QED) is 0.458. The summed E-state index contributed by atoms with van der Waals surface area (Å²) in [5.74, 6) is 0. The molecule has 0 atom stereocenters. The van der Waals surface area contributed by atoms with Crippen LogP contribution in [0.2, 0.25) is 0 Å². The predicted molar refractivity (Wildman–Crippen MR) is 51.2 cm³/mol. The van der Waals surface area contributed by atoms with E-state index in [1.54, 1.807) is 0 Å². The van der Waals surface area contributed by atoms with Crippen molar-refractivity contribution >= 4 is 11.9 Å². The minimum Gasteiger partial charge on any atom is -0.198 e. The van der Waals surface area contributed by atoms with Gasteiger partial charge in [-0.05, 0) is 6.08 Å². The molecular formula is C11H12N+. The Kier molecular flexibility index (Phi) is 1.78. The van der Waals surface area contributed by atoms with Crippen LogP contribution >= 0.6 is 0 Å². The smallest absolute Gasteiger partial charge is 0.198 e. The molecule has 1 heterocycles. The number of hydrogen-bond donors (Lipinski definition) is 0. The van der Waals surface area contributed by atoms with Crippen LogP contribution in [0.25, 0.3) is 0 Å². The minimum absolute atomic E-state index is 0.914. The zero-order chi connectivity index (χ0) is 8.39. The lowest BCUT2D eigenvalue weighted by Gasteiger charge is -1.95. The zero-order valence-corrected chi connectivity index (χ0v) is 7.03. The van der Waals surface area contributed by atoms with Gasteiger partial charge in [0.05, 0.1) is 6.42 Å². The Hall–Kier alpha value is -1.37. The molecule has 2 rings (SSSR count). The highest BCUT2D eigenvalue weighted by molar-refractivity contribution is 5.66. The molecule has 1 nitrogen and oxygen atoms in total. The Labute approximate surface area is 72.7 Å². The molecule has 0 fully saturated rings. The number of benzene rings is 1. The van der Waals surface area contributed by atoms with Gasteiger partial charge in [0.1, 0.15) is 0 Å². The van der Waals surface area contributed by atoms with Gasteiger partial charge in [0.25, 0.3) is 0 Å². The lowest BCUT2D eigenvalue weighted by molar-refractivity contribution is -0.420. The molecule has 0 bridgehead atoms. The molecule has 12 heavy (non-hydrogen) atoms. The molecule has 1 aliphatic heterocycles. The van der Waals surface area contributed by atoms with E-state index in [-0.39, 0.29) is 0 Å². The second-order valence-electron chi connectivity index (χ2n) is 2.96. The molecule has 1 aromatic rings. The number of rotatable bonds is 2. The van der Waals surface area contributed by atoms with E-state index in [0.717, 1.165) is 13.0 Å². The largest absolute Gasteiger partial charge is 0.208 e. The molecule has 1 aliphatic rings. The van der Waals surface area contributed by atoms with Gasteiger partial charge in [-0.1, -0.05) is 24.8 Å². The molecule has 0 spiro atoms. The first-order chi connectivity index (χ1) is 5.92. The molecule has 0 aromatic heterocycles. The number of hydrogen-bond acceptors (Lipinski definition) is 0. The SMILES string of the molecule is C=CC[N+]1=CCc2ccccc21. The second kappa shape index (κ2) is 2.94. The summed E-state index contributed by atoms with van der Waals surface area (Å²) in [6.45, 7) is 4.65. The van der Waals surface area contributed by atoms with Crippen LogP contribution in [-0.4, -0.2) is 17.3 Å². The van der Waals surface area contributed by atoms with Gasteiger partial charge in [-0.3, -0.25) is 0 Å². The normalized spacial score (nSPS) is 13.8. The highest BCUT2D eigenvalue weighted by Gasteiger charge is 2.18. The second-order valence-corrected chi connectivity index (χ2v) is 2.96. The van der Waals surface area contributed by atoms with Gasteiger partial charge < -0.3 is 0 Å². The van der Waals surface area contributed by atoms with Gasteiger partial charge in [-0.2, -0.15) is 4.58 Å². The fraction of sp³-hybridized carbons (Fsp3) is 0.182. The average molecular weight is 158 g/mol. The molecule has 1 heteroatoms. The molecular weight excluding hydrogens is 146 g/mol. The van der Waals surface area contributed by atoms with Crippen LogP contribution in [-0.2, 0) is 6.42 Å². The monoisotopic (exact) mass is 158 g/mol. The van der Waals surface area contributed by atoms with Crippen molar-refractivity contribution < 1.29 is 4.58 Å². The Bertz CT molecular complexity index is 337. The van der Waals surface area contributed by atoms with Gasteiger partial charge >= 0.3 is 0 Å². The van der Waals surface area contributed by atoms with Crippen molar-refractivity contribution in [1.29, 1.82) is 0 Å². The van der Waals surface area contributed by atoms with Crippen LogP contribution in [0.4, 0.5) is 5.69 Å². The molecule has 0 saturated carbocycles. The topological polar surface area (TPSA) is 3.01 Å². The van der Waals surface area contributed by atoms with E-state index in [1.807, 2.05) is 6.08 Å². The third kappa shape index (κ3) is 1.07. The third-order valence-corrected chi connectivity index (χ3v) is 2.16. The molecule has 60 valence electrons. The third-order valence-electron chi connectivity index (χ3n) is 2.16. The molecule has 0 amide bonds. The maximum Gasteiger partial charge on any atom is 0.208 e. The summed E-state index contributed by atoms with van der Waals surface area (Å²) in [5, 5.41) is 0. The van der Waals surface area contributed by atoms with Crippen LogP contribution < -0.4 is 0 Å². The summed E-state index contributed by atoms with van der Waals surface area (Å²) in [6.07, 6.45) is 5.20. The fourth-order valence-electron chi connectivity index (χ4n) is 1.58. The Morgan fingerprint density at radius 2 is 2.25 bits per heavy atom. The van der Waals surface area contributed by atoms with E-state index in [2.05, 4.69) is 41.6 Å². The molecule has 0 unspecified atom stereocenters. The first-order valence-corrected chi connectivity index (χ1v) is 4.20. The van der Waals surface area contributed by atoms with Crippen molar-refractivity contribution in [3.63, 3.8) is 0 Å². The van der Waals surface area contributed by atoms with E-state index in [1.165, 1.54) is 11.3 Å². The van der Waals surface area contributed by atoms with Crippen LogP contribution in [0.15, 0.2) is 36.9 Å². The summed E-state index contributed by atoms with van der Waals surface area (Å²) in [5.41, 5.74) is 2.75. The van der Waals surface area contributed by atoms with Crippen molar-refractivity contribution in [1.82, 2.24) is 0 Å². The standard InChI is InChI=1S/C11H12N/c1-2-8-12-9-7-10-5-3-4-6-11(10)12/h2-6,9H,1,7-8H2/q+1. The van der Waals surface area contributed by atoms with E-state index in [0.29, 0.717) is 0 Å². The van der Waals surface area contributed by atoms with E-state index < -0.39 is 0 Å². The fourth-order valence-corrected chi connectivity index (χ4v) is 1.58. The van der Waals surface area contributed by atoms with Crippen LogP contribution in [0.3, 0.4) is 0 Å². The number of para-hydroxylation sites is 1. The van der Waals surface area contributed by atoms with Crippen molar-refractivity contribution in [2.45, 2.75) is 6.42 Å². The lowest BCUT2D eigenvalue weighted by Crippen LogP contribution is -2.01. The number of nitrogens with zero attached hydrogens (tertiary/aromatic N) is 1. The maximum absolute atomic E-state index is 3.74. The van der Waals surface area contributed by atoms with Gasteiger partial charge in [0, 0.05) is 11.6 Å². The molecule has 0 radical (unpaired) electrons. The highest BCUT2D eigenvalue weighted by Crippen LogP contribution is 2.22. The Balaban J connectivity index is 2.38. The van der Waals surface area contributed by atoms with Gasteiger partial charge in [0.2, 0.25) is 5.69 Å². The maximum atomic E-state index is 3.74. The Morgan fingerprint density at radius 1 is 1.42 bits per heavy atom. The molecule has 1 aromatic carbocycles. The number of fused-ring (bicyclic) bond motifs is 1. The highest BCUT2D eigenvalue weighted by atomic mass is 15.0. The summed E-state index contributed by atoms with van der Waals surface area (Å²) in [6, 6.07) is 8.50. The van der Waals surface area contributed by atoms with Gasteiger partial charge in [0.15, 0.2) is 12.8 Å². The van der Waals surface area contributed by atoms with Crippen LogP contribution in [0, 0.1) is 0 Å². The van der Waals surface area contributed by atoms with Gasteiger partial charge in [-0.25, -0.2) is 0 Å². The van der Waals surface area contributed by atoms with Crippen molar-refractivity contribution in [3.8, 4) is 0 Å². The Morgan fingerprint density at radius 3 is 3.08 bits per heavy atom.